The van der Waals surface area contributed by atoms with E-state index in [1.165, 1.54) is 0 Å². The van der Waals surface area contributed by atoms with E-state index in [9.17, 15) is 9.59 Å². The van der Waals surface area contributed by atoms with Crippen molar-refractivity contribution in [3.63, 3.8) is 0 Å². The first-order valence-electron chi connectivity index (χ1n) is 5.18. The lowest BCUT2D eigenvalue weighted by Gasteiger charge is -2.09. The number of hydrogen-bond donors (Lipinski definition) is 2. The molecular weight excluding hydrogens is 368 g/mol. The lowest BCUT2D eigenvalue weighted by molar-refractivity contribution is -0.141. The molecule has 0 heterocycles. The summed E-state index contributed by atoms with van der Waals surface area (Å²) in [5, 5.41) is 5.02. The Labute approximate surface area is 122 Å². The smallest absolute Gasteiger partial charge is 0.325 e. The Morgan fingerprint density at radius 1 is 1.33 bits per heavy atom. The average molecular weight is 380 g/mol. The zero-order valence-corrected chi connectivity index (χ0v) is 12.8. The van der Waals surface area contributed by atoms with Gasteiger partial charge in [-0.1, -0.05) is 15.9 Å². The minimum Gasteiger partial charge on any atom is -0.465 e. The third-order valence-electron chi connectivity index (χ3n) is 1.88. The molecule has 5 nitrogen and oxygen atoms in total. The topological polar surface area (TPSA) is 67.4 Å². The molecule has 2 N–H and O–H groups in total. The first kappa shape index (κ1) is 15.0. The van der Waals surface area contributed by atoms with Crippen molar-refractivity contribution in [2.24, 2.45) is 0 Å². The van der Waals surface area contributed by atoms with Crippen LogP contribution in [0.15, 0.2) is 27.1 Å². The van der Waals surface area contributed by atoms with Crippen molar-refractivity contribution in [1.29, 1.82) is 0 Å². The summed E-state index contributed by atoms with van der Waals surface area (Å²) in [6.45, 7) is 1.83. The van der Waals surface area contributed by atoms with Crippen molar-refractivity contribution in [1.82, 2.24) is 5.32 Å². The number of ether oxygens (including phenoxy) is 1. The van der Waals surface area contributed by atoms with Gasteiger partial charge in [0.2, 0.25) is 0 Å². The number of hydrogen-bond acceptors (Lipinski definition) is 3. The van der Waals surface area contributed by atoms with Crippen molar-refractivity contribution >= 4 is 49.5 Å². The first-order chi connectivity index (χ1) is 8.52. The predicted molar refractivity (Wildman–Crippen MR) is 75.5 cm³/mol. The molecule has 0 saturated carbocycles. The molecule has 0 fully saturated rings. The van der Waals surface area contributed by atoms with Gasteiger partial charge >= 0.3 is 12.0 Å². The molecule has 0 saturated heterocycles. The van der Waals surface area contributed by atoms with Crippen LogP contribution in [-0.4, -0.2) is 25.2 Å². The van der Waals surface area contributed by atoms with Crippen LogP contribution in [0.5, 0.6) is 0 Å². The summed E-state index contributed by atoms with van der Waals surface area (Å²) in [5.74, 6) is -0.471. The molecule has 98 valence electrons. The van der Waals surface area contributed by atoms with E-state index in [-0.39, 0.29) is 6.54 Å². The number of esters is 1. The van der Waals surface area contributed by atoms with Gasteiger partial charge in [0.15, 0.2) is 0 Å². The Bertz CT molecular complexity index is 452. The zero-order valence-electron chi connectivity index (χ0n) is 9.63. The van der Waals surface area contributed by atoms with E-state index in [0.717, 1.165) is 8.95 Å². The largest absolute Gasteiger partial charge is 0.465 e. The number of urea groups is 1. The van der Waals surface area contributed by atoms with E-state index in [2.05, 4.69) is 47.2 Å². The van der Waals surface area contributed by atoms with Crippen LogP contribution in [0.2, 0.25) is 0 Å². The van der Waals surface area contributed by atoms with Gasteiger partial charge in [0.25, 0.3) is 0 Å². The molecule has 0 aromatic heterocycles. The maximum Gasteiger partial charge on any atom is 0.325 e. The Hall–Kier alpha value is -1.08. The molecule has 18 heavy (non-hydrogen) atoms. The van der Waals surface area contributed by atoms with E-state index in [1.807, 2.05) is 6.07 Å². The van der Waals surface area contributed by atoms with Crippen molar-refractivity contribution in [2.75, 3.05) is 18.5 Å². The van der Waals surface area contributed by atoms with Gasteiger partial charge in [0.05, 0.1) is 12.3 Å². The number of benzene rings is 1. The molecular formula is C11H12Br2N2O3. The molecule has 0 atom stereocenters. The van der Waals surface area contributed by atoms with Gasteiger partial charge in [-0.25, -0.2) is 4.79 Å². The lowest BCUT2D eigenvalue weighted by atomic mass is 10.3. The molecule has 7 heteroatoms. The summed E-state index contributed by atoms with van der Waals surface area (Å²) in [6.07, 6.45) is 0. The lowest BCUT2D eigenvalue weighted by Crippen LogP contribution is -2.34. The number of nitrogens with one attached hydrogen (secondary N) is 2. The molecule has 0 spiro atoms. The van der Waals surface area contributed by atoms with Gasteiger partial charge in [0, 0.05) is 8.95 Å². The van der Waals surface area contributed by atoms with Crippen LogP contribution in [0.25, 0.3) is 0 Å². The Kier molecular flexibility index (Phi) is 6.14. The van der Waals surface area contributed by atoms with Gasteiger partial charge in [-0.3, -0.25) is 4.79 Å². The minimum absolute atomic E-state index is 0.161. The molecule has 0 unspecified atom stereocenters. The molecule has 0 aliphatic heterocycles. The first-order valence-corrected chi connectivity index (χ1v) is 6.77. The Morgan fingerprint density at radius 2 is 2.06 bits per heavy atom. The molecule has 0 radical (unpaired) electrons. The highest BCUT2D eigenvalue weighted by Crippen LogP contribution is 2.25. The number of carbonyl (C=O) groups is 2. The van der Waals surface area contributed by atoms with Crippen LogP contribution in [0, 0.1) is 0 Å². The van der Waals surface area contributed by atoms with Gasteiger partial charge in [0.1, 0.15) is 6.54 Å². The van der Waals surface area contributed by atoms with E-state index < -0.39 is 12.0 Å². The fraction of sp³-hybridized carbons (Fsp3) is 0.273. The molecule has 1 rings (SSSR count). The van der Waals surface area contributed by atoms with Crippen molar-refractivity contribution in [3.8, 4) is 0 Å². The normalized spacial score (nSPS) is 9.72. The van der Waals surface area contributed by atoms with E-state index in [4.69, 9.17) is 0 Å². The van der Waals surface area contributed by atoms with Crippen LogP contribution in [0.4, 0.5) is 10.5 Å². The summed E-state index contributed by atoms with van der Waals surface area (Å²) in [6, 6.07) is 4.91. The second-order valence-corrected chi connectivity index (χ2v) is 5.01. The number of rotatable bonds is 4. The van der Waals surface area contributed by atoms with Crippen molar-refractivity contribution < 1.29 is 14.3 Å². The molecule has 1 aromatic rings. The van der Waals surface area contributed by atoms with Crippen LogP contribution in [0.3, 0.4) is 0 Å². The summed E-state index contributed by atoms with van der Waals surface area (Å²) < 4.78 is 6.27. The minimum atomic E-state index is -0.471. The number of amides is 2. The van der Waals surface area contributed by atoms with E-state index in [0.29, 0.717) is 12.3 Å². The quantitative estimate of drug-likeness (QED) is 0.790. The highest BCUT2D eigenvalue weighted by atomic mass is 79.9. The van der Waals surface area contributed by atoms with E-state index >= 15 is 0 Å². The molecule has 0 aliphatic carbocycles. The third kappa shape index (κ3) is 5.05. The Balaban J connectivity index is 2.49. The maximum atomic E-state index is 11.5. The van der Waals surface area contributed by atoms with Gasteiger partial charge < -0.3 is 15.4 Å². The highest BCUT2D eigenvalue weighted by molar-refractivity contribution is 9.11. The summed E-state index contributed by atoms with van der Waals surface area (Å²) in [4.78, 5) is 22.6. The van der Waals surface area contributed by atoms with Crippen LogP contribution in [0.1, 0.15) is 6.92 Å². The summed E-state index contributed by atoms with van der Waals surface area (Å²) in [5.41, 5.74) is 0.603. The van der Waals surface area contributed by atoms with Gasteiger partial charge in [-0.05, 0) is 41.1 Å². The predicted octanol–water partition coefficient (Wildman–Crippen LogP) is 2.90. The van der Waals surface area contributed by atoms with E-state index in [1.54, 1.807) is 19.1 Å². The monoisotopic (exact) mass is 378 g/mol. The summed E-state index contributed by atoms with van der Waals surface area (Å²) in [7, 11) is 0. The molecule has 0 aliphatic rings. The molecule has 2 amide bonds. The number of halogens is 2. The average Bonchev–Trinajstić information content (AvgIpc) is 2.32. The van der Waals surface area contributed by atoms with Crippen LogP contribution >= 0.6 is 31.9 Å². The van der Waals surface area contributed by atoms with Crippen molar-refractivity contribution in [2.45, 2.75) is 6.92 Å². The maximum absolute atomic E-state index is 11.5. The van der Waals surface area contributed by atoms with Crippen molar-refractivity contribution in [3.05, 3.63) is 27.1 Å². The van der Waals surface area contributed by atoms with Gasteiger partial charge in [-0.15, -0.1) is 0 Å². The highest BCUT2D eigenvalue weighted by Gasteiger charge is 2.08. The summed E-state index contributed by atoms with van der Waals surface area (Å²) >= 11 is 6.61. The molecule has 1 aromatic carbocycles. The zero-order chi connectivity index (χ0) is 13.5. The van der Waals surface area contributed by atoms with Gasteiger partial charge in [-0.2, -0.15) is 0 Å². The fourth-order valence-corrected chi connectivity index (χ4v) is 1.83. The SMILES string of the molecule is CCOC(=O)CNC(=O)Nc1cc(Br)ccc1Br. The molecule has 0 bridgehead atoms. The number of carbonyl (C=O) groups excluding carboxylic acids is 2. The second kappa shape index (κ2) is 7.38. The van der Waals surface area contributed by atoms with Crippen LogP contribution < -0.4 is 10.6 Å². The Morgan fingerprint density at radius 3 is 2.72 bits per heavy atom. The second-order valence-electron chi connectivity index (χ2n) is 3.24. The van der Waals surface area contributed by atoms with Crippen LogP contribution in [-0.2, 0) is 9.53 Å². The standard InChI is InChI=1S/C11H12Br2N2O3/c1-2-18-10(16)6-14-11(17)15-9-5-7(12)3-4-8(9)13/h3-5H,2,6H2,1H3,(H2,14,15,17). The third-order valence-corrected chi connectivity index (χ3v) is 3.06. The fourth-order valence-electron chi connectivity index (χ4n) is 1.12. The number of anilines is 1.